The van der Waals surface area contributed by atoms with Crippen LogP contribution >= 0.6 is 0 Å². The summed E-state index contributed by atoms with van der Waals surface area (Å²) in [5.41, 5.74) is 0. The van der Waals surface area contributed by atoms with Crippen LogP contribution in [0.1, 0.15) is 44.9 Å². The lowest BCUT2D eigenvalue weighted by Gasteiger charge is -2.35. The average Bonchev–Trinajstić information content (AvgIpc) is 2.94. The van der Waals surface area contributed by atoms with Gasteiger partial charge in [0, 0.05) is 6.04 Å². The van der Waals surface area contributed by atoms with Gasteiger partial charge in [0.25, 0.3) is 0 Å². The molecule has 0 amide bonds. The number of hydrogen-bond acceptors (Lipinski definition) is 4. The summed E-state index contributed by atoms with van der Waals surface area (Å²) >= 11 is 0. The largest absolute Gasteiger partial charge is 0.469 e. The summed E-state index contributed by atoms with van der Waals surface area (Å²) in [7, 11) is 1.49. The van der Waals surface area contributed by atoms with Gasteiger partial charge in [-0.2, -0.15) is 0 Å². The molecule has 0 spiro atoms. The summed E-state index contributed by atoms with van der Waals surface area (Å²) in [6, 6.07) is 0.416. The lowest BCUT2D eigenvalue weighted by atomic mass is 9.99. The number of methoxy groups -OCH3 is 1. The fourth-order valence-corrected chi connectivity index (χ4v) is 3.36. The quantitative estimate of drug-likeness (QED) is 0.689. The Morgan fingerprint density at radius 2 is 1.84 bits per heavy atom. The van der Waals surface area contributed by atoms with E-state index in [2.05, 4.69) is 9.80 Å². The number of hydrogen-bond donors (Lipinski definition) is 0. The molecule has 2 saturated heterocycles. The number of likely N-dealkylation sites (tertiary alicyclic amines) is 2. The Morgan fingerprint density at radius 1 is 1.11 bits per heavy atom. The number of carbonyl (C=O) groups excluding carboxylic acids is 1. The van der Waals surface area contributed by atoms with Crippen LogP contribution in [-0.2, 0) is 9.53 Å². The van der Waals surface area contributed by atoms with Gasteiger partial charge in [-0.1, -0.05) is 6.42 Å². The number of esters is 1. The van der Waals surface area contributed by atoms with Crippen molar-refractivity contribution in [2.75, 3.05) is 39.8 Å². The van der Waals surface area contributed by atoms with Crippen LogP contribution in [0.4, 0.5) is 0 Å². The molecule has 0 aromatic heterocycles. The SMILES string of the molecule is COC(=O)CC1CCCCN1CCCN1CCCC1. The van der Waals surface area contributed by atoms with Crippen LogP contribution in [-0.4, -0.2) is 61.6 Å². The Morgan fingerprint density at radius 3 is 2.58 bits per heavy atom. The number of carbonyl (C=O) groups is 1. The lowest BCUT2D eigenvalue weighted by molar-refractivity contribution is -0.142. The number of ether oxygens (including phenoxy) is 1. The number of piperidine rings is 1. The zero-order valence-corrected chi connectivity index (χ0v) is 12.3. The van der Waals surface area contributed by atoms with E-state index in [4.69, 9.17) is 4.74 Å². The summed E-state index contributed by atoms with van der Waals surface area (Å²) in [4.78, 5) is 16.5. The highest BCUT2D eigenvalue weighted by Gasteiger charge is 2.24. The van der Waals surface area contributed by atoms with Gasteiger partial charge in [0.15, 0.2) is 0 Å². The van der Waals surface area contributed by atoms with Crippen molar-refractivity contribution < 1.29 is 9.53 Å². The molecule has 4 heteroatoms. The van der Waals surface area contributed by atoms with E-state index in [0.29, 0.717) is 12.5 Å². The third kappa shape index (κ3) is 4.77. The van der Waals surface area contributed by atoms with Crippen LogP contribution < -0.4 is 0 Å². The molecule has 0 saturated carbocycles. The fraction of sp³-hybridized carbons (Fsp3) is 0.933. The smallest absolute Gasteiger partial charge is 0.307 e. The molecule has 0 N–H and O–H groups in total. The van der Waals surface area contributed by atoms with Gasteiger partial charge in [0.1, 0.15) is 0 Å². The van der Waals surface area contributed by atoms with E-state index in [9.17, 15) is 4.79 Å². The highest BCUT2D eigenvalue weighted by atomic mass is 16.5. The number of nitrogens with zero attached hydrogens (tertiary/aromatic N) is 2. The van der Waals surface area contributed by atoms with Crippen molar-refractivity contribution in [3.63, 3.8) is 0 Å². The van der Waals surface area contributed by atoms with Gasteiger partial charge in [-0.25, -0.2) is 0 Å². The number of rotatable bonds is 6. The molecule has 0 aromatic carbocycles. The Bertz CT molecular complexity index is 277. The van der Waals surface area contributed by atoms with E-state index < -0.39 is 0 Å². The van der Waals surface area contributed by atoms with Gasteiger partial charge in [-0.3, -0.25) is 9.69 Å². The molecule has 2 aliphatic heterocycles. The molecule has 0 aliphatic carbocycles. The summed E-state index contributed by atoms with van der Waals surface area (Å²) in [5.74, 6) is -0.0588. The molecule has 1 atom stereocenters. The Balaban J connectivity index is 1.70. The molecule has 19 heavy (non-hydrogen) atoms. The van der Waals surface area contributed by atoms with Crippen molar-refractivity contribution in [3.05, 3.63) is 0 Å². The Labute approximate surface area is 117 Å². The average molecular weight is 268 g/mol. The van der Waals surface area contributed by atoms with Crippen LogP contribution in [0.3, 0.4) is 0 Å². The maximum atomic E-state index is 11.5. The van der Waals surface area contributed by atoms with Crippen LogP contribution in [0.5, 0.6) is 0 Å². The standard InChI is InChI=1S/C15H28N2O2/c1-19-15(18)13-14-7-2-3-11-17(14)12-6-10-16-8-4-5-9-16/h14H,2-13H2,1H3. The third-order valence-electron chi connectivity index (χ3n) is 4.50. The monoisotopic (exact) mass is 268 g/mol. The molecule has 1 unspecified atom stereocenters. The van der Waals surface area contributed by atoms with Crippen molar-refractivity contribution in [2.24, 2.45) is 0 Å². The van der Waals surface area contributed by atoms with Crippen LogP contribution in [0.15, 0.2) is 0 Å². The lowest BCUT2D eigenvalue weighted by Crippen LogP contribution is -2.42. The zero-order chi connectivity index (χ0) is 13.5. The molecule has 110 valence electrons. The molecular weight excluding hydrogens is 240 g/mol. The minimum Gasteiger partial charge on any atom is -0.469 e. The first kappa shape index (κ1) is 14.8. The molecule has 0 bridgehead atoms. The molecule has 0 radical (unpaired) electrons. The summed E-state index contributed by atoms with van der Waals surface area (Å²) in [6.45, 7) is 6.08. The van der Waals surface area contributed by atoms with Crippen LogP contribution in [0, 0.1) is 0 Å². The predicted octanol–water partition coefficient (Wildman–Crippen LogP) is 1.89. The minimum absolute atomic E-state index is 0.0588. The fourth-order valence-electron chi connectivity index (χ4n) is 3.36. The first-order chi connectivity index (χ1) is 9.29. The van der Waals surface area contributed by atoms with Gasteiger partial charge in [0.05, 0.1) is 13.5 Å². The van der Waals surface area contributed by atoms with E-state index in [1.165, 1.54) is 58.8 Å². The van der Waals surface area contributed by atoms with Crippen molar-refractivity contribution in [1.29, 1.82) is 0 Å². The Hall–Kier alpha value is -0.610. The van der Waals surface area contributed by atoms with Crippen molar-refractivity contribution in [3.8, 4) is 0 Å². The highest BCUT2D eigenvalue weighted by Crippen LogP contribution is 2.20. The highest BCUT2D eigenvalue weighted by molar-refractivity contribution is 5.69. The van der Waals surface area contributed by atoms with Gasteiger partial charge in [-0.05, 0) is 64.8 Å². The van der Waals surface area contributed by atoms with Crippen molar-refractivity contribution >= 4 is 5.97 Å². The first-order valence-corrected chi connectivity index (χ1v) is 7.83. The maximum absolute atomic E-state index is 11.5. The normalized spacial score (nSPS) is 25.6. The molecule has 2 aliphatic rings. The zero-order valence-electron chi connectivity index (χ0n) is 12.3. The van der Waals surface area contributed by atoms with E-state index >= 15 is 0 Å². The summed E-state index contributed by atoms with van der Waals surface area (Å²) in [6.07, 6.45) is 8.23. The van der Waals surface area contributed by atoms with Crippen molar-refractivity contribution in [1.82, 2.24) is 9.80 Å². The van der Waals surface area contributed by atoms with Gasteiger partial charge >= 0.3 is 5.97 Å². The van der Waals surface area contributed by atoms with E-state index in [1.807, 2.05) is 0 Å². The second kappa shape index (κ2) is 7.85. The molecule has 2 rings (SSSR count). The minimum atomic E-state index is -0.0588. The predicted molar refractivity (Wildman–Crippen MR) is 76.1 cm³/mol. The van der Waals surface area contributed by atoms with Crippen LogP contribution in [0.25, 0.3) is 0 Å². The second-order valence-corrected chi connectivity index (χ2v) is 5.87. The van der Waals surface area contributed by atoms with Gasteiger partial charge < -0.3 is 9.64 Å². The molecular formula is C15H28N2O2. The molecule has 0 aromatic rings. The summed E-state index contributed by atoms with van der Waals surface area (Å²) in [5, 5.41) is 0. The van der Waals surface area contributed by atoms with E-state index in [-0.39, 0.29) is 5.97 Å². The van der Waals surface area contributed by atoms with E-state index in [1.54, 1.807) is 0 Å². The second-order valence-electron chi connectivity index (χ2n) is 5.87. The van der Waals surface area contributed by atoms with E-state index in [0.717, 1.165) is 19.5 Å². The molecule has 2 fully saturated rings. The van der Waals surface area contributed by atoms with Crippen LogP contribution in [0.2, 0.25) is 0 Å². The molecule has 4 nitrogen and oxygen atoms in total. The van der Waals surface area contributed by atoms with Crippen molar-refractivity contribution in [2.45, 2.75) is 51.0 Å². The van der Waals surface area contributed by atoms with Gasteiger partial charge in [-0.15, -0.1) is 0 Å². The molecule has 2 heterocycles. The topological polar surface area (TPSA) is 32.8 Å². The van der Waals surface area contributed by atoms with Gasteiger partial charge in [0.2, 0.25) is 0 Å². The summed E-state index contributed by atoms with van der Waals surface area (Å²) < 4.78 is 4.81. The maximum Gasteiger partial charge on any atom is 0.307 e. The first-order valence-electron chi connectivity index (χ1n) is 7.83. The third-order valence-corrected chi connectivity index (χ3v) is 4.50. The Kier molecular flexibility index (Phi) is 6.11.